The zero-order chi connectivity index (χ0) is 30.8. The Morgan fingerprint density at radius 2 is 1.12 bits per heavy atom. The predicted octanol–water partition coefficient (Wildman–Crippen LogP) is 5.37. The third-order valence-electron chi connectivity index (χ3n) is 7.77. The Bertz CT molecular complexity index is 1920. The molecule has 1 aliphatic heterocycles. The van der Waals surface area contributed by atoms with Gasteiger partial charge in [-0.3, -0.25) is 4.31 Å². The van der Waals surface area contributed by atoms with Crippen molar-refractivity contribution >= 4 is 29.7 Å². The average molecular weight is 636 g/mol. The maximum absolute atomic E-state index is 14.2. The minimum absolute atomic E-state index is 0.0327. The fraction of sp³-hybridized carbons (Fsp3) is 0.212. The van der Waals surface area contributed by atoms with Crippen LogP contribution in [0, 0.1) is 19.8 Å². The van der Waals surface area contributed by atoms with Gasteiger partial charge in [0.1, 0.15) is 0 Å². The molecule has 0 N–H and O–H groups in total. The second kappa shape index (κ2) is 12.1. The fourth-order valence-electron chi connectivity index (χ4n) is 5.42. The second-order valence-corrected chi connectivity index (χ2v) is 16.8. The van der Waals surface area contributed by atoms with E-state index in [9.17, 15) is 25.3 Å². The first kappa shape index (κ1) is 30.7. The summed E-state index contributed by atoms with van der Waals surface area (Å²) in [5, 5.41) is -1.30. The normalized spacial score (nSPS) is 19.3. The molecule has 0 aliphatic carbocycles. The van der Waals surface area contributed by atoms with Crippen molar-refractivity contribution in [1.29, 1.82) is 0 Å². The summed E-state index contributed by atoms with van der Waals surface area (Å²) in [6, 6.07) is 28.6. The van der Waals surface area contributed by atoms with E-state index in [0.717, 1.165) is 21.0 Å². The largest absolute Gasteiger partial charge is 0.270 e. The number of hydrogen-bond donors (Lipinski definition) is 0. The van der Waals surface area contributed by atoms with Crippen molar-refractivity contribution in [3.05, 3.63) is 138 Å². The standard InChI is InChI=1S/C33H33NO6S3/c1-25-13-17-29(18-14-25)42(37,38)33-21-22-34(43(39,40)30-19-15-26(2)16-20-30)32(23-27-9-5-3-6-10-27)31(33)24-41(35,36)28-11-7-4-8-12-28/h3-22,31-33H,23-24H2,1-2H3/t31-,32-,33+/m0/s1. The zero-order valence-corrected chi connectivity index (χ0v) is 26.3. The van der Waals surface area contributed by atoms with Crippen molar-refractivity contribution in [3.8, 4) is 0 Å². The van der Waals surface area contributed by atoms with Gasteiger partial charge in [0.2, 0.25) is 0 Å². The third-order valence-corrected chi connectivity index (χ3v) is 13.6. The Hall–Kier alpha value is -3.73. The van der Waals surface area contributed by atoms with E-state index in [0.29, 0.717) is 0 Å². The van der Waals surface area contributed by atoms with E-state index < -0.39 is 52.7 Å². The van der Waals surface area contributed by atoms with Gasteiger partial charge < -0.3 is 0 Å². The number of aryl methyl sites for hydroxylation is 2. The summed E-state index contributed by atoms with van der Waals surface area (Å²) < 4.78 is 85.4. The van der Waals surface area contributed by atoms with E-state index in [1.807, 2.05) is 44.2 Å². The molecule has 0 amide bonds. The molecule has 0 bridgehead atoms. The van der Waals surface area contributed by atoms with Crippen LogP contribution < -0.4 is 0 Å². The molecule has 1 heterocycles. The van der Waals surface area contributed by atoms with Crippen LogP contribution in [0.1, 0.15) is 16.7 Å². The molecule has 0 saturated carbocycles. The molecule has 0 saturated heterocycles. The van der Waals surface area contributed by atoms with Crippen molar-refractivity contribution in [2.24, 2.45) is 5.92 Å². The van der Waals surface area contributed by atoms with Gasteiger partial charge in [0.15, 0.2) is 19.7 Å². The van der Waals surface area contributed by atoms with Gasteiger partial charge in [-0.15, -0.1) is 0 Å². The molecular formula is C33H33NO6S3. The summed E-state index contributed by atoms with van der Waals surface area (Å²) in [6.45, 7) is 3.69. The van der Waals surface area contributed by atoms with Crippen LogP contribution in [0.3, 0.4) is 0 Å². The number of hydrogen-bond acceptors (Lipinski definition) is 6. The van der Waals surface area contributed by atoms with E-state index in [2.05, 4.69) is 0 Å². The molecule has 0 fully saturated rings. The van der Waals surface area contributed by atoms with E-state index in [-0.39, 0.29) is 21.1 Å². The highest BCUT2D eigenvalue weighted by Crippen LogP contribution is 2.37. The number of rotatable bonds is 9. The molecule has 4 aromatic carbocycles. The van der Waals surface area contributed by atoms with E-state index >= 15 is 0 Å². The summed E-state index contributed by atoms with van der Waals surface area (Å²) in [4.78, 5) is 0.121. The molecule has 0 radical (unpaired) electrons. The molecule has 43 heavy (non-hydrogen) atoms. The quantitative estimate of drug-likeness (QED) is 0.245. The Morgan fingerprint density at radius 1 is 0.605 bits per heavy atom. The van der Waals surface area contributed by atoms with Crippen LogP contribution in [-0.4, -0.2) is 46.6 Å². The summed E-state index contributed by atoms with van der Waals surface area (Å²) in [5.74, 6) is -1.71. The Kier molecular flexibility index (Phi) is 8.65. The van der Waals surface area contributed by atoms with Gasteiger partial charge in [-0.05, 0) is 68.3 Å². The SMILES string of the molecule is Cc1ccc(S(=O)(=O)[C@@H]2C=CN(S(=O)(=O)c3ccc(C)cc3)[C@@H](Cc3ccccc3)[C@@H]2CS(=O)(=O)c2ccccc2)cc1. The van der Waals surface area contributed by atoms with Crippen LogP contribution in [0.2, 0.25) is 0 Å². The molecule has 1 aliphatic rings. The van der Waals surface area contributed by atoms with Gasteiger partial charge in [0.25, 0.3) is 10.0 Å². The van der Waals surface area contributed by atoms with E-state index in [4.69, 9.17) is 0 Å². The topological polar surface area (TPSA) is 106 Å². The van der Waals surface area contributed by atoms with Crippen molar-refractivity contribution in [2.45, 2.75) is 46.2 Å². The molecule has 4 aromatic rings. The number of sulfonamides is 1. The smallest absolute Gasteiger partial charge is 0.264 e. The summed E-state index contributed by atoms with van der Waals surface area (Å²) in [6.07, 6.45) is 2.73. The Morgan fingerprint density at radius 3 is 1.67 bits per heavy atom. The highest BCUT2D eigenvalue weighted by Gasteiger charge is 2.47. The molecule has 7 nitrogen and oxygen atoms in total. The summed E-state index contributed by atoms with van der Waals surface area (Å²) in [7, 11) is -12.3. The van der Waals surface area contributed by atoms with Crippen LogP contribution in [0.5, 0.6) is 0 Å². The third kappa shape index (κ3) is 6.46. The zero-order valence-electron chi connectivity index (χ0n) is 23.8. The molecule has 0 spiro atoms. The molecular weight excluding hydrogens is 603 g/mol. The lowest BCUT2D eigenvalue weighted by Gasteiger charge is -2.42. The first-order valence-corrected chi connectivity index (χ1v) is 18.4. The van der Waals surface area contributed by atoms with Crippen molar-refractivity contribution in [2.75, 3.05) is 5.75 Å². The van der Waals surface area contributed by atoms with Crippen molar-refractivity contribution in [1.82, 2.24) is 4.31 Å². The number of sulfone groups is 2. The first-order valence-electron chi connectivity index (χ1n) is 13.8. The molecule has 3 atom stereocenters. The lowest BCUT2D eigenvalue weighted by atomic mass is 9.90. The van der Waals surface area contributed by atoms with Gasteiger partial charge >= 0.3 is 0 Å². The number of benzene rings is 4. The van der Waals surface area contributed by atoms with E-state index in [1.54, 1.807) is 42.5 Å². The molecule has 224 valence electrons. The highest BCUT2D eigenvalue weighted by molar-refractivity contribution is 7.93. The Labute approximate surface area is 254 Å². The molecule has 5 rings (SSSR count). The van der Waals surface area contributed by atoms with Gasteiger partial charge in [-0.2, -0.15) is 0 Å². The minimum atomic E-state index is -4.18. The second-order valence-electron chi connectivity index (χ2n) is 10.8. The van der Waals surface area contributed by atoms with Crippen LogP contribution in [0.15, 0.2) is 136 Å². The fourth-order valence-corrected chi connectivity index (χ4v) is 10.6. The van der Waals surface area contributed by atoms with Gasteiger partial charge in [0.05, 0.1) is 31.7 Å². The van der Waals surface area contributed by atoms with Crippen molar-refractivity contribution < 1.29 is 25.3 Å². The monoisotopic (exact) mass is 635 g/mol. The highest BCUT2D eigenvalue weighted by atomic mass is 32.2. The summed E-state index contributed by atoms with van der Waals surface area (Å²) >= 11 is 0. The first-order chi connectivity index (χ1) is 20.4. The van der Waals surface area contributed by atoms with Crippen LogP contribution in [0.4, 0.5) is 0 Å². The van der Waals surface area contributed by atoms with Crippen LogP contribution in [-0.2, 0) is 36.1 Å². The van der Waals surface area contributed by atoms with Crippen LogP contribution >= 0.6 is 0 Å². The lowest BCUT2D eigenvalue weighted by molar-refractivity contribution is 0.284. The summed E-state index contributed by atoms with van der Waals surface area (Å²) in [5.41, 5.74) is 2.50. The van der Waals surface area contributed by atoms with Gasteiger partial charge in [0, 0.05) is 12.1 Å². The minimum Gasteiger partial charge on any atom is -0.270 e. The molecule has 0 aromatic heterocycles. The van der Waals surface area contributed by atoms with Gasteiger partial charge in [-0.25, -0.2) is 25.3 Å². The Balaban J connectivity index is 1.70. The maximum Gasteiger partial charge on any atom is 0.264 e. The molecule has 10 heteroatoms. The maximum atomic E-state index is 14.2. The van der Waals surface area contributed by atoms with E-state index in [1.165, 1.54) is 48.7 Å². The number of nitrogens with zero attached hydrogens (tertiary/aromatic N) is 1. The van der Waals surface area contributed by atoms with Crippen molar-refractivity contribution in [3.63, 3.8) is 0 Å². The molecule has 0 unspecified atom stereocenters. The lowest BCUT2D eigenvalue weighted by Crippen LogP contribution is -2.53. The predicted molar refractivity (Wildman–Crippen MR) is 167 cm³/mol. The van der Waals surface area contributed by atoms with Crippen LogP contribution in [0.25, 0.3) is 0 Å². The van der Waals surface area contributed by atoms with Gasteiger partial charge in [-0.1, -0.05) is 83.9 Å². The average Bonchev–Trinajstić information content (AvgIpc) is 2.99.